The van der Waals surface area contributed by atoms with E-state index in [9.17, 15) is 14.9 Å². The highest BCUT2D eigenvalue weighted by Gasteiger charge is 2.18. The third-order valence-corrected chi connectivity index (χ3v) is 6.61. The first-order valence-corrected chi connectivity index (χ1v) is 10.9. The van der Waals surface area contributed by atoms with Gasteiger partial charge in [-0.1, -0.05) is 35.2 Å². The van der Waals surface area contributed by atoms with E-state index in [-0.39, 0.29) is 11.6 Å². The number of rotatable bonds is 9. The number of hydrogen-bond donors (Lipinski definition) is 2. The van der Waals surface area contributed by atoms with Gasteiger partial charge in [-0.05, 0) is 30.9 Å². The van der Waals surface area contributed by atoms with Crippen molar-refractivity contribution in [3.63, 3.8) is 0 Å². The Kier molecular flexibility index (Phi) is 6.95. The molecular weight excluding hydrogens is 418 g/mol. The molecule has 0 aliphatic heterocycles. The number of non-ortho nitro benzene ring substituents is 1. The number of hydrogen-bond acceptors (Lipinski definition) is 9. The molecule has 1 amide bonds. The van der Waals surface area contributed by atoms with E-state index in [4.69, 9.17) is 0 Å². The largest absolute Gasteiger partial charge is 0.360 e. The molecule has 0 aliphatic rings. The Bertz CT molecular complexity index is 945. The van der Waals surface area contributed by atoms with E-state index in [1.54, 1.807) is 24.3 Å². The predicted molar refractivity (Wildman–Crippen MR) is 113 cm³/mol. The number of benzene rings is 1. The van der Waals surface area contributed by atoms with E-state index in [1.165, 1.54) is 46.2 Å². The summed E-state index contributed by atoms with van der Waals surface area (Å²) in [4.78, 5) is 24.0. The van der Waals surface area contributed by atoms with Crippen LogP contribution < -0.4 is 10.6 Å². The van der Waals surface area contributed by atoms with Crippen molar-refractivity contribution in [1.82, 2.24) is 10.2 Å². The fourth-order valence-corrected chi connectivity index (χ4v) is 4.85. The molecule has 28 heavy (non-hydrogen) atoms. The number of amides is 1. The Hall–Kier alpha value is -2.50. The van der Waals surface area contributed by atoms with E-state index >= 15 is 0 Å². The topological polar surface area (TPSA) is 110 Å². The fraction of sp³-hybridized carbons (Fsp3) is 0.235. The zero-order valence-electron chi connectivity index (χ0n) is 14.8. The van der Waals surface area contributed by atoms with E-state index in [1.807, 2.05) is 6.07 Å². The van der Waals surface area contributed by atoms with Crippen molar-refractivity contribution in [1.29, 1.82) is 0 Å². The summed E-state index contributed by atoms with van der Waals surface area (Å²) in [6, 6.07) is 9.97. The second-order valence-electron chi connectivity index (χ2n) is 5.69. The minimum absolute atomic E-state index is 0.0690. The molecule has 0 aliphatic carbocycles. The summed E-state index contributed by atoms with van der Waals surface area (Å²) in [6.45, 7) is 2.52. The minimum Gasteiger partial charge on any atom is -0.360 e. The number of carbonyl (C=O) groups excluding carboxylic acids is 1. The predicted octanol–water partition coefficient (Wildman–Crippen LogP) is 4.28. The lowest BCUT2D eigenvalue weighted by Crippen LogP contribution is -2.22. The van der Waals surface area contributed by atoms with Crippen LogP contribution in [0.25, 0.3) is 0 Å². The van der Waals surface area contributed by atoms with Crippen molar-refractivity contribution < 1.29 is 9.72 Å². The molecule has 0 bridgehead atoms. The second kappa shape index (κ2) is 9.62. The Balaban J connectivity index is 1.49. The van der Waals surface area contributed by atoms with E-state index in [0.717, 1.165) is 13.0 Å². The highest BCUT2D eigenvalue weighted by Crippen LogP contribution is 2.29. The molecule has 1 unspecified atom stereocenters. The summed E-state index contributed by atoms with van der Waals surface area (Å²) in [5.41, 5.74) is 0.320. The van der Waals surface area contributed by atoms with E-state index in [2.05, 4.69) is 32.3 Å². The van der Waals surface area contributed by atoms with Crippen LogP contribution in [0.15, 0.2) is 46.1 Å². The average Bonchev–Trinajstić information content (AvgIpc) is 3.34. The van der Waals surface area contributed by atoms with Crippen LogP contribution in [0, 0.1) is 10.1 Å². The van der Waals surface area contributed by atoms with Gasteiger partial charge in [-0.3, -0.25) is 14.9 Å². The van der Waals surface area contributed by atoms with Gasteiger partial charge in [-0.15, -0.1) is 21.5 Å². The summed E-state index contributed by atoms with van der Waals surface area (Å²) < 4.78 is 0.681. The van der Waals surface area contributed by atoms with Crippen molar-refractivity contribution >= 4 is 56.8 Å². The van der Waals surface area contributed by atoms with Crippen LogP contribution in [0.3, 0.4) is 0 Å². The standard InChI is InChI=1S/C17H17N5O3S3/c1-11(15(23)19-12-4-2-5-13(10-12)22(24)25)27-17-21-20-16(28-17)18-8-7-14-6-3-9-26-14/h2-6,9-11H,7-8H2,1H3,(H,18,20)(H,19,23). The molecule has 2 aromatic heterocycles. The van der Waals surface area contributed by atoms with Crippen LogP contribution >= 0.6 is 34.4 Å². The van der Waals surface area contributed by atoms with Crippen LogP contribution in [0.2, 0.25) is 0 Å². The lowest BCUT2D eigenvalue weighted by molar-refractivity contribution is -0.384. The zero-order chi connectivity index (χ0) is 19.9. The molecule has 11 heteroatoms. The number of nitrogens with one attached hydrogen (secondary N) is 2. The monoisotopic (exact) mass is 435 g/mol. The second-order valence-corrected chi connectivity index (χ2v) is 9.28. The van der Waals surface area contributed by atoms with Gasteiger partial charge in [0.1, 0.15) is 0 Å². The van der Waals surface area contributed by atoms with Crippen molar-refractivity contribution in [3.8, 4) is 0 Å². The maximum Gasteiger partial charge on any atom is 0.271 e. The Morgan fingerprint density at radius 3 is 2.93 bits per heavy atom. The molecule has 3 rings (SSSR count). The zero-order valence-corrected chi connectivity index (χ0v) is 17.3. The highest BCUT2D eigenvalue weighted by atomic mass is 32.2. The molecule has 0 saturated heterocycles. The summed E-state index contributed by atoms with van der Waals surface area (Å²) >= 11 is 4.41. The Morgan fingerprint density at radius 1 is 1.32 bits per heavy atom. The van der Waals surface area contributed by atoms with Crippen molar-refractivity contribution in [3.05, 3.63) is 56.8 Å². The minimum atomic E-state index is -0.498. The molecule has 0 fully saturated rings. The summed E-state index contributed by atoms with van der Waals surface area (Å²) in [6.07, 6.45) is 0.918. The van der Waals surface area contributed by atoms with Crippen molar-refractivity contribution in [2.24, 2.45) is 0 Å². The number of nitro benzene ring substituents is 1. The number of anilines is 2. The van der Waals surface area contributed by atoms with Crippen LogP contribution in [-0.2, 0) is 11.2 Å². The van der Waals surface area contributed by atoms with Gasteiger partial charge in [0.25, 0.3) is 5.69 Å². The van der Waals surface area contributed by atoms with E-state index in [0.29, 0.717) is 15.2 Å². The Morgan fingerprint density at radius 2 is 2.18 bits per heavy atom. The maximum absolute atomic E-state index is 12.3. The molecule has 2 heterocycles. The number of aromatic nitrogens is 2. The molecule has 1 aromatic carbocycles. The first kappa shape index (κ1) is 20.2. The molecule has 0 spiro atoms. The van der Waals surface area contributed by atoms with Gasteiger partial charge in [0.2, 0.25) is 11.0 Å². The Labute approximate surface area is 173 Å². The lowest BCUT2D eigenvalue weighted by atomic mass is 10.2. The normalized spacial score (nSPS) is 11.8. The van der Waals surface area contributed by atoms with Crippen molar-refractivity contribution in [2.75, 3.05) is 17.2 Å². The number of nitrogens with zero attached hydrogens (tertiary/aromatic N) is 3. The van der Waals surface area contributed by atoms with Gasteiger partial charge in [-0.2, -0.15) is 0 Å². The third kappa shape index (κ3) is 5.75. The number of thiophene rings is 1. The first-order valence-electron chi connectivity index (χ1n) is 8.33. The highest BCUT2D eigenvalue weighted by molar-refractivity contribution is 8.02. The quantitative estimate of drug-likeness (QED) is 0.293. The molecule has 0 radical (unpaired) electrons. The first-order chi connectivity index (χ1) is 13.5. The van der Waals surface area contributed by atoms with Crippen molar-refractivity contribution in [2.45, 2.75) is 22.9 Å². The lowest BCUT2D eigenvalue weighted by Gasteiger charge is -2.10. The smallest absolute Gasteiger partial charge is 0.271 e. The summed E-state index contributed by atoms with van der Waals surface area (Å²) in [5.74, 6) is -0.257. The molecule has 2 N–H and O–H groups in total. The van der Waals surface area contributed by atoms with Gasteiger partial charge in [0, 0.05) is 29.2 Å². The van der Waals surface area contributed by atoms with Crippen LogP contribution in [0.5, 0.6) is 0 Å². The molecule has 8 nitrogen and oxygen atoms in total. The number of nitro groups is 1. The van der Waals surface area contributed by atoms with Gasteiger partial charge in [0.05, 0.1) is 10.2 Å². The van der Waals surface area contributed by atoms with E-state index < -0.39 is 10.2 Å². The average molecular weight is 436 g/mol. The fourth-order valence-electron chi connectivity index (χ4n) is 2.22. The molecule has 146 valence electrons. The summed E-state index contributed by atoms with van der Waals surface area (Å²) in [5, 5.41) is 27.3. The third-order valence-electron chi connectivity index (χ3n) is 3.61. The molecule has 1 atom stereocenters. The van der Waals surface area contributed by atoms with Crippen LogP contribution in [-0.4, -0.2) is 32.8 Å². The van der Waals surface area contributed by atoms with Gasteiger partial charge in [-0.25, -0.2) is 0 Å². The van der Waals surface area contributed by atoms with Gasteiger partial charge in [0.15, 0.2) is 4.34 Å². The molecular formula is C17H17N5O3S3. The molecule has 0 saturated carbocycles. The SMILES string of the molecule is CC(Sc1nnc(NCCc2cccs2)s1)C(=O)Nc1cccc([N+](=O)[O-])c1. The number of thioether (sulfide) groups is 1. The maximum atomic E-state index is 12.3. The molecule has 3 aromatic rings. The van der Waals surface area contributed by atoms with Crippen LogP contribution in [0.1, 0.15) is 11.8 Å². The van der Waals surface area contributed by atoms with Gasteiger partial charge < -0.3 is 10.6 Å². The van der Waals surface area contributed by atoms with Crippen LogP contribution in [0.4, 0.5) is 16.5 Å². The summed E-state index contributed by atoms with van der Waals surface area (Å²) in [7, 11) is 0. The van der Waals surface area contributed by atoms with Gasteiger partial charge >= 0.3 is 0 Å². The number of carbonyl (C=O) groups is 1.